The topological polar surface area (TPSA) is 92.8 Å². The van der Waals surface area contributed by atoms with E-state index in [-0.39, 0.29) is 29.7 Å². The Balaban J connectivity index is 1.33. The van der Waals surface area contributed by atoms with E-state index >= 15 is 0 Å². The second-order valence-corrected chi connectivity index (χ2v) is 9.88. The third-order valence-corrected chi connectivity index (χ3v) is 6.66. The molecule has 0 aliphatic carbocycles. The molecule has 1 aliphatic rings. The molecule has 3 amide bonds. The highest BCUT2D eigenvalue weighted by atomic mass is 79.9. The quantitative estimate of drug-likeness (QED) is 0.279. The SMILES string of the molecule is Cc1ccc(NC(=O)COc2ccc(/C=C3/SC(=O)N(CC(=O)c4ccc(Br)cc4)C3=O)cc2)cc1. The highest BCUT2D eigenvalue weighted by Crippen LogP contribution is 2.32. The molecule has 9 heteroatoms. The fourth-order valence-electron chi connectivity index (χ4n) is 3.30. The molecule has 0 radical (unpaired) electrons. The van der Waals surface area contributed by atoms with Crippen molar-refractivity contribution in [1.29, 1.82) is 0 Å². The molecule has 0 saturated carbocycles. The molecule has 0 spiro atoms. The van der Waals surface area contributed by atoms with Gasteiger partial charge in [-0.15, -0.1) is 0 Å². The Labute approximate surface area is 220 Å². The Morgan fingerprint density at radius 3 is 2.31 bits per heavy atom. The lowest BCUT2D eigenvalue weighted by Gasteiger charge is -2.11. The molecule has 3 aromatic carbocycles. The minimum atomic E-state index is -0.511. The second-order valence-electron chi connectivity index (χ2n) is 7.97. The maximum Gasteiger partial charge on any atom is 0.293 e. The molecule has 7 nitrogen and oxygen atoms in total. The van der Waals surface area contributed by atoms with Gasteiger partial charge in [-0.05, 0) is 66.7 Å². The van der Waals surface area contributed by atoms with E-state index < -0.39 is 11.1 Å². The summed E-state index contributed by atoms with van der Waals surface area (Å²) in [5, 5.41) is 2.27. The van der Waals surface area contributed by atoms with Gasteiger partial charge < -0.3 is 10.1 Å². The first kappa shape index (κ1) is 25.4. The third kappa shape index (κ3) is 6.50. The van der Waals surface area contributed by atoms with Crippen LogP contribution in [-0.4, -0.2) is 40.9 Å². The monoisotopic (exact) mass is 564 g/mol. The standard InChI is InChI=1S/C27H21BrN2O5S/c1-17-2-10-21(11-3-17)29-25(32)16-35-22-12-4-18(5-13-22)14-24-26(33)30(27(34)36-24)15-23(31)19-6-8-20(28)9-7-19/h2-14H,15-16H2,1H3,(H,29,32)/b24-14+. The minimum absolute atomic E-state index is 0.154. The summed E-state index contributed by atoms with van der Waals surface area (Å²) in [4.78, 5) is 50.9. The first-order valence-electron chi connectivity index (χ1n) is 10.9. The van der Waals surface area contributed by atoms with Gasteiger partial charge in [0, 0.05) is 15.7 Å². The maximum atomic E-state index is 12.7. The fraction of sp³-hybridized carbons (Fsp3) is 0.111. The molecule has 1 aliphatic heterocycles. The summed E-state index contributed by atoms with van der Waals surface area (Å²) in [7, 11) is 0. The lowest BCUT2D eigenvalue weighted by atomic mass is 10.1. The van der Waals surface area contributed by atoms with Crippen molar-refractivity contribution >= 4 is 62.3 Å². The molecule has 0 bridgehead atoms. The van der Waals surface area contributed by atoms with Crippen molar-refractivity contribution in [2.75, 3.05) is 18.5 Å². The van der Waals surface area contributed by atoms with Crippen molar-refractivity contribution in [2.45, 2.75) is 6.92 Å². The molecule has 0 aromatic heterocycles. The number of thioether (sulfide) groups is 1. The molecular weight excluding hydrogens is 544 g/mol. The molecule has 36 heavy (non-hydrogen) atoms. The average Bonchev–Trinajstić information content (AvgIpc) is 3.12. The first-order chi connectivity index (χ1) is 17.3. The lowest BCUT2D eigenvalue weighted by molar-refractivity contribution is -0.122. The number of imide groups is 1. The maximum absolute atomic E-state index is 12.7. The number of benzene rings is 3. The Morgan fingerprint density at radius 1 is 0.972 bits per heavy atom. The Kier molecular flexibility index (Phi) is 8.02. The van der Waals surface area contributed by atoms with Gasteiger partial charge in [0.05, 0.1) is 11.4 Å². The van der Waals surface area contributed by atoms with Crippen molar-refractivity contribution < 1.29 is 23.9 Å². The molecule has 4 rings (SSSR count). The Bertz CT molecular complexity index is 1340. The van der Waals surface area contributed by atoms with Crippen LogP contribution in [0.15, 0.2) is 82.2 Å². The van der Waals surface area contributed by atoms with Crippen molar-refractivity contribution in [1.82, 2.24) is 4.90 Å². The van der Waals surface area contributed by atoms with E-state index in [1.807, 2.05) is 31.2 Å². The van der Waals surface area contributed by atoms with Crippen molar-refractivity contribution in [2.24, 2.45) is 0 Å². The van der Waals surface area contributed by atoms with Crippen molar-refractivity contribution in [3.8, 4) is 5.75 Å². The molecule has 0 unspecified atom stereocenters. The zero-order valence-corrected chi connectivity index (χ0v) is 21.6. The number of hydrogen-bond acceptors (Lipinski definition) is 6. The van der Waals surface area contributed by atoms with Gasteiger partial charge in [0.25, 0.3) is 17.1 Å². The zero-order chi connectivity index (χ0) is 25.7. The predicted octanol–water partition coefficient (Wildman–Crippen LogP) is 5.69. The van der Waals surface area contributed by atoms with E-state index in [1.165, 1.54) is 0 Å². The van der Waals surface area contributed by atoms with Gasteiger partial charge in [-0.2, -0.15) is 0 Å². The number of hydrogen-bond donors (Lipinski definition) is 1. The molecule has 1 heterocycles. The summed E-state index contributed by atoms with van der Waals surface area (Å²) in [5.41, 5.74) is 2.89. The Morgan fingerprint density at radius 2 is 1.64 bits per heavy atom. The number of rotatable bonds is 8. The number of ether oxygens (including phenoxy) is 1. The van der Waals surface area contributed by atoms with Crippen molar-refractivity contribution in [3.05, 3.63) is 98.9 Å². The molecule has 182 valence electrons. The van der Waals surface area contributed by atoms with E-state index in [2.05, 4.69) is 21.2 Å². The van der Waals surface area contributed by atoms with Crippen LogP contribution in [0.4, 0.5) is 10.5 Å². The molecular formula is C27H21BrN2O5S. The molecule has 1 N–H and O–H groups in total. The van der Waals surface area contributed by atoms with Crippen molar-refractivity contribution in [3.63, 3.8) is 0 Å². The number of halogens is 1. The summed E-state index contributed by atoms with van der Waals surface area (Å²) in [6, 6.07) is 21.0. The number of nitrogens with zero attached hydrogens (tertiary/aromatic N) is 1. The van der Waals surface area contributed by atoms with Crippen LogP contribution in [0.25, 0.3) is 6.08 Å². The number of amides is 3. The predicted molar refractivity (Wildman–Crippen MR) is 143 cm³/mol. The van der Waals surface area contributed by atoms with E-state index in [1.54, 1.807) is 54.6 Å². The first-order valence-corrected chi connectivity index (χ1v) is 12.5. The van der Waals surface area contributed by atoms with E-state index in [0.29, 0.717) is 22.6 Å². The molecule has 1 saturated heterocycles. The number of carbonyl (C=O) groups excluding carboxylic acids is 4. The van der Waals surface area contributed by atoms with Crippen LogP contribution < -0.4 is 10.1 Å². The summed E-state index contributed by atoms with van der Waals surface area (Å²) >= 11 is 4.10. The van der Waals surface area contributed by atoms with E-state index in [0.717, 1.165) is 26.7 Å². The zero-order valence-electron chi connectivity index (χ0n) is 19.2. The van der Waals surface area contributed by atoms with E-state index in [4.69, 9.17) is 4.74 Å². The number of anilines is 1. The second kappa shape index (κ2) is 11.4. The van der Waals surface area contributed by atoms with Crippen LogP contribution in [0.3, 0.4) is 0 Å². The van der Waals surface area contributed by atoms with Crippen LogP contribution >= 0.6 is 27.7 Å². The molecule has 0 atom stereocenters. The average molecular weight is 565 g/mol. The smallest absolute Gasteiger partial charge is 0.293 e. The van der Waals surface area contributed by atoms with Crippen LogP contribution in [0, 0.1) is 6.92 Å². The van der Waals surface area contributed by atoms with Gasteiger partial charge >= 0.3 is 0 Å². The highest BCUT2D eigenvalue weighted by molar-refractivity contribution is 9.10. The number of nitrogens with one attached hydrogen (secondary N) is 1. The van der Waals surface area contributed by atoms with Crippen LogP contribution in [0.5, 0.6) is 5.75 Å². The summed E-state index contributed by atoms with van der Waals surface area (Å²) in [5.74, 6) is -0.628. The van der Waals surface area contributed by atoms with Gasteiger partial charge in [-0.25, -0.2) is 0 Å². The largest absolute Gasteiger partial charge is 0.484 e. The van der Waals surface area contributed by atoms with Gasteiger partial charge in [0.2, 0.25) is 0 Å². The van der Waals surface area contributed by atoms with Gasteiger partial charge in [-0.1, -0.05) is 57.9 Å². The fourth-order valence-corrected chi connectivity index (χ4v) is 4.40. The summed E-state index contributed by atoms with van der Waals surface area (Å²) in [6.07, 6.45) is 1.59. The summed E-state index contributed by atoms with van der Waals surface area (Å²) in [6.45, 7) is 1.50. The summed E-state index contributed by atoms with van der Waals surface area (Å²) < 4.78 is 6.36. The highest BCUT2D eigenvalue weighted by Gasteiger charge is 2.36. The van der Waals surface area contributed by atoms with E-state index in [9.17, 15) is 19.2 Å². The molecule has 3 aromatic rings. The lowest BCUT2D eigenvalue weighted by Crippen LogP contribution is -2.33. The third-order valence-electron chi connectivity index (χ3n) is 5.22. The minimum Gasteiger partial charge on any atom is -0.484 e. The van der Waals surface area contributed by atoms with Crippen LogP contribution in [-0.2, 0) is 9.59 Å². The normalized spacial score (nSPS) is 14.3. The number of ketones is 1. The Hall–Kier alpha value is -3.69. The van der Waals surface area contributed by atoms with Crippen LogP contribution in [0.2, 0.25) is 0 Å². The van der Waals surface area contributed by atoms with Gasteiger partial charge in [-0.3, -0.25) is 24.1 Å². The van der Waals surface area contributed by atoms with Gasteiger partial charge in [0.15, 0.2) is 12.4 Å². The number of aryl methyl sites for hydroxylation is 1. The van der Waals surface area contributed by atoms with Gasteiger partial charge in [0.1, 0.15) is 5.75 Å². The molecule has 1 fully saturated rings. The number of Topliss-reactive ketones (excluding diaryl/α,β-unsaturated/α-hetero) is 1. The van der Waals surface area contributed by atoms with Crippen LogP contribution in [0.1, 0.15) is 21.5 Å². The number of carbonyl (C=O) groups is 4.